The van der Waals surface area contributed by atoms with Crippen LogP contribution in [0.4, 0.5) is 0 Å². The highest BCUT2D eigenvalue weighted by Gasteiger charge is 2.22. The Labute approximate surface area is 492 Å². The maximum absolute atomic E-state index is 12.9. The van der Waals surface area contributed by atoms with Gasteiger partial charge in [0.05, 0.1) is 40.3 Å². The van der Waals surface area contributed by atoms with Gasteiger partial charge in [-0.2, -0.15) is 0 Å². The molecule has 0 fully saturated rings. The van der Waals surface area contributed by atoms with Gasteiger partial charge in [0.2, 0.25) is 0 Å². The molecule has 9 heteroatoms. The van der Waals surface area contributed by atoms with E-state index in [1.165, 1.54) is 308 Å². The van der Waals surface area contributed by atoms with Crippen LogP contribution in [0.3, 0.4) is 0 Å². The fourth-order valence-corrected chi connectivity index (χ4v) is 11.0. The van der Waals surface area contributed by atoms with Crippen LogP contribution in [-0.2, 0) is 33.3 Å². The zero-order valence-corrected chi connectivity index (χ0v) is 53.8. The average Bonchev–Trinajstić information content (AvgIpc) is 3.42. The monoisotopic (exact) mass is 1120 g/mol. The molecule has 0 aliphatic carbocycles. The number of aliphatic carboxylic acids is 1. The maximum atomic E-state index is 12.9. The number of rotatable bonds is 67. The van der Waals surface area contributed by atoms with E-state index < -0.39 is 24.3 Å². The third kappa shape index (κ3) is 63.7. The molecule has 0 aliphatic rings. The molecule has 0 aliphatic heterocycles. The number of carboxylic acids is 1. The molecule has 0 heterocycles. The SMILES string of the molecule is CCCCCCCCCCCCCCCCCCCCCCCCCCCCCCCCCCCCCCCC(=O)OC(COC(=O)CCCCCCCCCCCCCCCCCCC)COC(OCC[N+](C)(C)C)C(=O)[O-]. The van der Waals surface area contributed by atoms with Crippen LogP contribution in [0.2, 0.25) is 0 Å². The molecule has 0 saturated heterocycles. The van der Waals surface area contributed by atoms with E-state index in [0.29, 0.717) is 17.4 Å². The summed E-state index contributed by atoms with van der Waals surface area (Å²) in [5.74, 6) is -2.25. The van der Waals surface area contributed by atoms with Gasteiger partial charge in [0.15, 0.2) is 12.4 Å². The maximum Gasteiger partial charge on any atom is 0.306 e. The first-order valence-electron chi connectivity index (χ1n) is 35.2. The summed E-state index contributed by atoms with van der Waals surface area (Å²) < 4.78 is 22.8. The molecule has 79 heavy (non-hydrogen) atoms. The van der Waals surface area contributed by atoms with Crippen molar-refractivity contribution >= 4 is 17.9 Å². The fraction of sp³-hybridized carbons (Fsp3) is 0.957. The summed E-state index contributed by atoms with van der Waals surface area (Å²) in [6.45, 7) is 4.83. The van der Waals surface area contributed by atoms with E-state index in [1.54, 1.807) is 0 Å². The van der Waals surface area contributed by atoms with E-state index in [9.17, 15) is 19.5 Å². The normalized spacial score (nSPS) is 12.6. The summed E-state index contributed by atoms with van der Waals surface area (Å²) in [5, 5.41) is 11.8. The number of unbranched alkanes of at least 4 members (excludes halogenated alkanes) is 52. The summed E-state index contributed by atoms with van der Waals surface area (Å²) in [4.78, 5) is 37.4. The molecule has 2 unspecified atom stereocenters. The van der Waals surface area contributed by atoms with Crippen molar-refractivity contribution in [2.75, 3.05) is 47.5 Å². The minimum Gasteiger partial charge on any atom is -0.545 e. The van der Waals surface area contributed by atoms with Gasteiger partial charge in [-0.1, -0.05) is 348 Å². The van der Waals surface area contributed by atoms with E-state index in [-0.39, 0.29) is 32.2 Å². The van der Waals surface area contributed by atoms with E-state index >= 15 is 0 Å². The van der Waals surface area contributed by atoms with Crippen LogP contribution in [0.1, 0.15) is 373 Å². The van der Waals surface area contributed by atoms with Gasteiger partial charge >= 0.3 is 11.9 Å². The molecule has 0 radical (unpaired) electrons. The van der Waals surface area contributed by atoms with Gasteiger partial charge in [-0.05, 0) is 12.8 Å². The fourth-order valence-electron chi connectivity index (χ4n) is 11.0. The number of esters is 2. The summed E-state index contributed by atoms with van der Waals surface area (Å²) in [6, 6.07) is 0. The van der Waals surface area contributed by atoms with Crippen LogP contribution in [0.5, 0.6) is 0 Å². The van der Waals surface area contributed by atoms with Crippen molar-refractivity contribution in [2.24, 2.45) is 0 Å². The summed E-state index contributed by atoms with van der Waals surface area (Å²) in [6.07, 6.45) is 70.7. The Morgan fingerprint density at radius 2 is 0.570 bits per heavy atom. The van der Waals surface area contributed by atoms with Crippen LogP contribution >= 0.6 is 0 Å². The van der Waals surface area contributed by atoms with Crippen molar-refractivity contribution < 1.29 is 42.9 Å². The Kier molecular flexibility index (Phi) is 61.0. The van der Waals surface area contributed by atoms with E-state index in [4.69, 9.17) is 18.9 Å². The number of carbonyl (C=O) groups is 3. The second-order valence-electron chi connectivity index (χ2n) is 25.5. The number of hydrogen-bond acceptors (Lipinski definition) is 8. The van der Waals surface area contributed by atoms with E-state index in [0.717, 1.165) is 38.5 Å². The highest BCUT2D eigenvalue weighted by Crippen LogP contribution is 2.20. The minimum atomic E-state index is -1.61. The Morgan fingerprint density at radius 1 is 0.329 bits per heavy atom. The van der Waals surface area contributed by atoms with Gasteiger partial charge in [-0.3, -0.25) is 9.59 Å². The lowest BCUT2D eigenvalue weighted by Crippen LogP contribution is -2.44. The molecule has 0 N–H and O–H groups in total. The second-order valence-corrected chi connectivity index (χ2v) is 25.5. The third-order valence-electron chi connectivity index (χ3n) is 16.4. The lowest BCUT2D eigenvalue weighted by Gasteiger charge is -2.26. The summed E-state index contributed by atoms with van der Waals surface area (Å²) >= 11 is 0. The zero-order chi connectivity index (χ0) is 57.6. The summed E-state index contributed by atoms with van der Waals surface area (Å²) in [7, 11) is 5.94. The highest BCUT2D eigenvalue weighted by molar-refractivity contribution is 5.70. The van der Waals surface area contributed by atoms with Crippen molar-refractivity contribution in [3.63, 3.8) is 0 Å². The zero-order valence-electron chi connectivity index (χ0n) is 53.8. The second kappa shape index (κ2) is 62.3. The number of quaternary nitrogens is 1. The first-order chi connectivity index (χ1) is 38.6. The number of nitrogens with zero attached hydrogens (tertiary/aromatic N) is 1. The minimum absolute atomic E-state index is 0.153. The molecule has 0 bridgehead atoms. The first-order valence-corrected chi connectivity index (χ1v) is 35.2. The van der Waals surface area contributed by atoms with Crippen LogP contribution in [0.25, 0.3) is 0 Å². The van der Waals surface area contributed by atoms with Gasteiger partial charge in [0.25, 0.3) is 0 Å². The molecule has 0 spiro atoms. The van der Waals surface area contributed by atoms with E-state index in [1.807, 2.05) is 21.1 Å². The van der Waals surface area contributed by atoms with E-state index in [2.05, 4.69) is 13.8 Å². The van der Waals surface area contributed by atoms with Gasteiger partial charge < -0.3 is 33.3 Å². The van der Waals surface area contributed by atoms with Crippen molar-refractivity contribution in [3.8, 4) is 0 Å². The predicted molar refractivity (Wildman–Crippen MR) is 334 cm³/mol. The standard InChI is InChI=1S/C70H137NO8/c1-6-8-10-12-14-16-18-20-22-24-25-26-27-28-29-30-31-32-33-34-35-36-37-38-39-40-41-42-43-45-47-49-51-53-55-57-59-61-68(73)79-66(65-78-70(69(74)75)76-63-62-71(3,4)5)64-77-67(72)60-58-56-54-52-50-48-46-44-23-21-19-17-15-13-11-9-7-2/h66,70H,6-65H2,1-5H3. The molecule has 0 saturated carbocycles. The number of carboxylic acid groups (broad SMARTS) is 1. The van der Waals surface area contributed by atoms with Gasteiger partial charge in [0.1, 0.15) is 13.2 Å². The molecule has 0 amide bonds. The van der Waals surface area contributed by atoms with Gasteiger partial charge in [-0.15, -0.1) is 0 Å². The molecular weight excluding hydrogens is 983 g/mol. The molecule has 0 aromatic rings. The van der Waals surface area contributed by atoms with Crippen LogP contribution in [0, 0.1) is 0 Å². The first kappa shape index (κ1) is 77.3. The molecular formula is C70H137NO8. The van der Waals surface area contributed by atoms with Gasteiger partial charge in [-0.25, -0.2) is 0 Å². The molecule has 0 aromatic carbocycles. The molecule has 470 valence electrons. The van der Waals surface area contributed by atoms with Crippen molar-refractivity contribution in [3.05, 3.63) is 0 Å². The van der Waals surface area contributed by atoms with Crippen molar-refractivity contribution in [2.45, 2.75) is 386 Å². The van der Waals surface area contributed by atoms with Crippen molar-refractivity contribution in [1.29, 1.82) is 0 Å². The summed E-state index contributed by atoms with van der Waals surface area (Å²) in [5.41, 5.74) is 0. The number of hydrogen-bond donors (Lipinski definition) is 0. The third-order valence-corrected chi connectivity index (χ3v) is 16.4. The Balaban J connectivity index is 3.93. The number of likely N-dealkylation sites (N-methyl/N-ethyl adjacent to an activating group) is 1. The van der Waals surface area contributed by atoms with Gasteiger partial charge in [0, 0.05) is 12.8 Å². The quantitative estimate of drug-likeness (QED) is 0.0256. The topological polar surface area (TPSA) is 111 Å². The van der Waals surface area contributed by atoms with Crippen LogP contribution < -0.4 is 5.11 Å². The largest absolute Gasteiger partial charge is 0.545 e. The van der Waals surface area contributed by atoms with Crippen LogP contribution in [0.15, 0.2) is 0 Å². The highest BCUT2D eigenvalue weighted by atomic mass is 16.7. The molecule has 2 atom stereocenters. The smallest absolute Gasteiger partial charge is 0.306 e. The Morgan fingerprint density at radius 3 is 0.810 bits per heavy atom. The number of carbonyl (C=O) groups excluding carboxylic acids is 3. The average molecular weight is 1120 g/mol. The van der Waals surface area contributed by atoms with Crippen LogP contribution in [-0.4, -0.2) is 82.3 Å². The molecule has 0 aromatic heterocycles. The van der Waals surface area contributed by atoms with Crippen molar-refractivity contribution in [1.82, 2.24) is 0 Å². The lowest BCUT2D eigenvalue weighted by atomic mass is 10.0. The molecule has 0 rings (SSSR count). The molecule has 9 nitrogen and oxygen atoms in total. The Bertz CT molecular complexity index is 1260. The lowest BCUT2D eigenvalue weighted by molar-refractivity contribution is -0.870. The Hall–Kier alpha value is -1.71. The predicted octanol–water partition coefficient (Wildman–Crippen LogP) is 20.1. The number of ether oxygens (including phenoxy) is 4.